The van der Waals surface area contributed by atoms with Crippen LogP contribution in [0.2, 0.25) is 10.0 Å². The first kappa shape index (κ1) is 28.2. The number of piperidine rings is 1. The van der Waals surface area contributed by atoms with Gasteiger partial charge in [0.05, 0.1) is 4.90 Å². The van der Waals surface area contributed by atoms with Crippen molar-refractivity contribution in [3.63, 3.8) is 0 Å². The van der Waals surface area contributed by atoms with Gasteiger partial charge >= 0.3 is 0 Å². The molecule has 0 aromatic heterocycles. The summed E-state index contributed by atoms with van der Waals surface area (Å²) >= 11 is 12.0. The van der Waals surface area contributed by atoms with Crippen LogP contribution in [0.25, 0.3) is 0 Å². The molecule has 1 aliphatic carbocycles. The van der Waals surface area contributed by atoms with Crippen LogP contribution in [-0.4, -0.2) is 37.8 Å². The van der Waals surface area contributed by atoms with E-state index < -0.39 is 10.0 Å². The Morgan fingerprint density at radius 2 is 1.45 bits per heavy atom. The topological polar surface area (TPSA) is 66.5 Å². The van der Waals surface area contributed by atoms with Crippen LogP contribution < -0.4 is 5.32 Å². The maximum atomic E-state index is 13.2. The smallest absolute Gasteiger partial charge is 0.243 e. The lowest BCUT2D eigenvalue weighted by Crippen LogP contribution is -2.50. The van der Waals surface area contributed by atoms with Crippen LogP contribution in [0.15, 0.2) is 23.1 Å². The van der Waals surface area contributed by atoms with E-state index in [4.69, 9.17) is 23.2 Å². The van der Waals surface area contributed by atoms with E-state index in [1.54, 1.807) is 0 Å². The van der Waals surface area contributed by atoms with Crippen LogP contribution in [0, 0.1) is 5.92 Å². The molecule has 1 aromatic carbocycles. The van der Waals surface area contributed by atoms with Crippen molar-refractivity contribution in [2.45, 2.75) is 90.0 Å². The van der Waals surface area contributed by atoms with Crippen LogP contribution in [0.4, 0.5) is 0 Å². The normalized spacial score (nSPS) is 21.2. The van der Waals surface area contributed by atoms with Gasteiger partial charge in [0, 0.05) is 35.1 Å². The lowest BCUT2D eigenvalue weighted by Gasteiger charge is -2.35. The van der Waals surface area contributed by atoms with E-state index in [2.05, 4.69) is 5.32 Å². The van der Waals surface area contributed by atoms with Gasteiger partial charge in [-0.05, 0) is 43.9 Å². The van der Waals surface area contributed by atoms with E-state index in [-0.39, 0.29) is 37.6 Å². The van der Waals surface area contributed by atoms with Crippen molar-refractivity contribution in [1.82, 2.24) is 9.62 Å². The minimum absolute atomic E-state index is 0. The first-order valence-electron chi connectivity index (χ1n) is 10.6. The van der Waals surface area contributed by atoms with Crippen LogP contribution in [-0.2, 0) is 14.8 Å². The molecule has 0 bridgehead atoms. The first-order valence-corrected chi connectivity index (χ1v) is 12.8. The molecule has 1 aromatic rings. The summed E-state index contributed by atoms with van der Waals surface area (Å²) in [4.78, 5) is 12.8. The number of benzene rings is 1. The third-order valence-electron chi connectivity index (χ3n) is 6.00. The third-order valence-corrected chi connectivity index (χ3v) is 8.37. The molecule has 1 saturated carbocycles. The molecule has 3 rings (SSSR count). The van der Waals surface area contributed by atoms with Gasteiger partial charge in [-0.15, -0.1) is 0 Å². The van der Waals surface area contributed by atoms with Gasteiger partial charge in [-0.1, -0.05) is 76.6 Å². The number of nitrogens with zero attached hydrogens (tertiary/aromatic N) is 1. The molecule has 178 valence electrons. The summed E-state index contributed by atoms with van der Waals surface area (Å²) in [6, 6.07) is 4.14. The molecule has 1 unspecified atom stereocenters. The molecule has 8 heteroatoms. The molecule has 1 heterocycles. The predicted octanol–water partition coefficient (Wildman–Crippen LogP) is 6.29. The number of sulfonamides is 1. The number of hydrogen-bond donors (Lipinski definition) is 1. The fraction of sp³-hybridized carbons (Fsp3) is 0.696. The summed E-state index contributed by atoms with van der Waals surface area (Å²) < 4.78 is 28.0. The van der Waals surface area contributed by atoms with Gasteiger partial charge in [-0.25, -0.2) is 8.42 Å². The average Bonchev–Trinajstić information content (AvgIpc) is 2.65. The SMILES string of the molecule is C.C.O=C(NCC1CCCCN1S(=O)(=O)c1cc(Cl)cc(Cl)c1)C1CCCCCCC1. The second-order valence-corrected chi connectivity index (χ2v) is 10.9. The summed E-state index contributed by atoms with van der Waals surface area (Å²) in [5.41, 5.74) is 0. The van der Waals surface area contributed by atoms with Gasteiger partial charge in [0.2, 0.25) is 15.9 Å². The minimum atomic E-state index is -3.73. The molecule has 1 saturated heterocycles. The minimum Gasteiger partial charge on any atom is -0.354 e. The molecule has 31 heavy (non-hydrogen) atoms. The van der Waals surface area contributed by atoms with Gasteiger partial charge in [0.1, 0.15) is 0 Å². The summed E-state index contributed by atoms with van der Waals surface area (Å²) in [5.74, 6) is 0.122. The summed E-state index contributed by atoms with van der Waals surface area (Å²) in [6.45, 7) is 0.791. The molecular formula is C23H38Cl2N2O3S. The van der Waals surface area contributed by atoms with Crippen LogP contribution in [0.5, 0.6) is 0 Å². The zero-order valence-electron chi connectivity index (χ0n) is 16.7. The maximum absolute atomic E-state index is 13.2. The zero-order chi connectivity index (χ0) is 20.9. The lowest BCUT2D eigenvalue weighted by molar-refractivity contribution is -0.125. The fourth-order valence-electron chi connectivity index (χ4n) is 4.39. The van der Waals surface area contributed by atoms with Gasteiger partial charge in [0.15, 0.2) is 0 Å². The quantitative estimate of drug-likeness (QED) is 0.525. The van der Waals surface area contributed by atoms with Gasteiger partial charge < -0.3 is 5.32 Å². The van der Waals surface area contributed by atoms with Crippen LogP contribution in [0.3, 0.4) is 0 Å². The Morgan fingerprint density at radius 3 is 2.06 bits per heavy atom. The average molecular weight is 494 g/mol. The van der Waals surface area contributed by atoms with Crippen molar-refractivity contribution in [2.24, 2.45) is 5.92 Å². The molecule has 1 amide bonds. The maximum Gasteiger partial charge on any atom is 0.243 e. The molecule has 1 aliphatic heterocycles. The molecule has 2 fully saturated rings. The Hall–Kier alpha value is -0.820. The van der Waals surface area contributed by atoms with Crippen LogP contribution >= 0.6 is 23.2 Å². The van der Waals surface area contributed by atoms with E-state index in [0.717, 1.165) is 44.9 Å². The largest absolute Gasteiger partial charge is 0.354 e. The number of halogens is 2. The Kier molecular flexibility index (Phi) is 11.9. The summed E-state index contributed by atoms with van der Waals surface area (Å²) in [6.07, 6.45) is 10.2. The molecule has 5 nitrogen and oxygen atoms in total. The summed E-state index contributed by atoms with van der Waals surface area (Å²) in [7, 11) is -3.73. The Morgan fingerprint density at radius 1 is 0.903 bits per heavy atom. The van der Waals surface area contributed by atoms with Gasteiger partial charge in [0.25, 0.3) is 0 Å². The second kappa shape index (κ2) is 13.0. The Labute approximate surface area is 198 Å². The second-order valence-electron chi connectivity index (χ2n) is 8.16. The molecule has 0 radical (unpaired) electrons. The van der Waals surface area contributed by atoms with Gasteiger partial charge in [-0.2, -0.15) is 4.31 Å². The molecule has 2 aliphatic rings. The highest BCUT2D eigenvalue weighted by Crippen LogP contribution is 2.29. The molecule has 1 atom stereocenters. The highest BCUT2D eigenvalue weighted by molar-refractivity contribution is 7.89. The first-order chi connectivity index (χ1) is 13.9. The predicted molar refractivity (Wildman–Crippen MR) is 130 cm³/mol. The third kappa shape index (κ3) is 7.62. The van der Waals surface area contributed by atoms with E-state index in [9.17, 15) is 13.2 Å². The Bertz CT molecular complexity index is 789. The van der Waals surface area contributed by atoms with Crippen molar-refractivity contribution in [3.8, 4) is 0 Å². The van der Waals surface area contributed by atoms with Crippen molar-refractivity contribution >= 4 is 39.1 Å². The molecular weight excluding hydrogens is 455 g/mol. The number of nitrogens with one attached hydrogen (secondary N) is 1. The molecule has 0 spiro atoms. The van der Waals surface area contributed by atoms with E-state index in [0.29, 0.717) is 23.1 Å². The van der Waals surface area contributed by atoms with E-state index in [1.165, 1.54) is 41.8 Å². The van der Waals surface area contributed by atoms with Crippen LogP contribution in [0.1, 0.15) is 79.1 Å². The monoisotopic (exact) mass is 492 g/mol. The summed E-state index contributed by atoms with van der Waals surface area (Å²) in [5, 5.41) is 3.64. The number of rotatable bonds is 5. The number of carbonyl (C=O) groups excluding carboxylic acids is 1. The lowest BCUT2D eigenvalue weighted by atomic mass is 9.90. The van der Waals surface area contributed by atoms with E-state index >= 15 is 0 Å². The van der Waals surface area contributed by atoms with E-state index in [1.807, 2.05) is 0 Å². The number of hydrogen-bond acceptors (Lipinski definition) is 3. The van der Waals surface area contributed by atoms with Crippen molar-refractivity contribution in [3.05, 3.63) is 28.2 Å². The highest BCUT2D eigenvalue weighted by atomic mass is 35.5. The number of amides is 1. The highest BCUT2D eigenvalue weighted by Gasteiger charge is 2.34. The van der Waals surface area contributed by atoms with Crippen molar-refractivity contribution in [2.75, 3.05) is 13.1 Å². The molecule has 1 N–H and O–H groups in total. The number of carbonyl (C=O) groups is 1. The standard InChI is InChI=1S/C21H30Cl2N2O3S.2CH4/c22-17-12-18(23)14-20(13-17)29(27,28)25-11-7-6-10-19(25)15-24-21(26)16-8-4-2-1-3-5-9-16;;/h12-14,16,19H,1-11,15H2,(H,24,26);2*1H4. The van der Waals surface area contributed by atoms with Crippen molar-refractivity contribution < 1.29 is 13.2 Å². The van der Waals surface area contributed by atoms with Gasteiger partial charge in [-0.3, -0.25) is 4.79 Å². The zero-order valence-corrected chi connectivity index (χ0v) is 19.0. The van der Waals surface area contributed by atoms with Crippen molar-refractivity contribution in [1.29, 1.82) is 0 Å². The Balaban J connectivity index is 0.00000240. The fourth-order valence-corrected chi connectivity index (χ4v) is 6.81.